The Labute approximate surface area is 184 Å². The topological polar surface area (TPSA) is 113 Å². The first-order chi connectivity index (χ1) is 14.7. The van der Waals surface area contributed by atoms with E-state index in [0.717, 1.165) is 10.5 Å². The normalized spacial score (nSPS) is 11.0. The molecule has 0 aliphatic rings. The van der Waals surface area contributed by atoms with Gasteiger partial charge in [-0.05, 0) is 61.5 Å². The number of carboxylic acid groups (broad SMARTS) is 1. The van der Waals surface area contributed by atoms with Gasteiger partial charge in [0.25, 0.3) is 10.0 Å². The predicted octanol–water partition coefficient (Wildman–Crippen LogP) is 4.22. The number of nitrogens with one attached hydrogen (secondary N) is 2. The van der Waals surface area contributed by atoms with E-state index in [-0.39, 0.29) is 22.1 Å². The third kappa shape index (κ3) is 6.34. The van der Waals surface area contributed by atoms with E-state index in [2.05, 4.69) is 10.0 Å². The lowest BCUT2D eigenvalue weighted by Crippen LogP contribution is -2.14. The largest absolute Gasteiger partial charge is 0.478 e. The summed E-state index contributed by atoms with van der Waals surface area (Å²) in [6, 6.07) is 19.3. The highest BCUT2D eigenvalue weighted by Gasteiger charge is 2.14. The molecule has 0 atom stereocenters. The van der Waals surface area contributed by atoms with Crippen LogP contribution < -0.4 is 10.0 Å². The number of hydrogen-bond donors (Lipinski definition) is 3. The minimum Gasteiger partial charge on any atom is -0.478 e. The summed E-state index contributed by atoms with van der Waals surface area (Å²) in [5, 5.41) is 11.7. The van der Waals surface area contributed by atoms with Gasteiger partial charge in [0.05, 0.1) is 16.2 Å². The van der Waals surface area contributed by atoms with Gasteiger partial charge in [0, 0.05) is 16.3 Å². The first-order valence-corrected chi connectivity index (χ1v) is 11.7. The number of anilines is 2. The van der Waals surface area contributed by atoms with E-state index >= 15 is 0 Å². The average molecular weight is 457 g/mol. The average Bonchev–Trinajstić information content (AvgIpc) is 2.73. The molecule has 3 aromatic rings. The van der Waals surface area contributed by atoms with Gasteiger partial charge in [-0.15, -0.1) is 11.8 Å². The van der Waals surface area contributed by atoms with Crippen molar-refractivity contribution >= 4 is 45.0 Å². The Balaban J connectivity index is 1.55. The molecule has 0 aliphatic carbocycles. The molecule has 31 heavy (non-hydrogen) atoms. The maximum absolute atomic E-state index is 12.4. The lowest BCUT2D eigenvalue weighted by Gasteiger charge is -2.09. The third-order valence-electron chi connectivity index (χ3n) is 4.20. The molecule has 0 spiro atoms. The highest BCUT2D eigenvalue weighted by molar-refractivity contribution is 8.00. The molecule has 0 heterocycles. The van der Waals surface area contributed by atoms with E-state index in [4.69, 9.17) is 5.11 Å². The molecule has 0 fully saturated rings. The summed E-state index contributed by atoms with van der Waals surface area (Å²) in [6.45, 7) is 1.88. The Morgan fingerprint density at radius 2 is 1.61 bits per heavy atom. The van der Waals surface area contributed by atoms with E-state index in [1.54, 1.807) is 60.7 Å². The van der Waals surface area contributed by atoms with E-state index in [1.807, 2.05) is 6.92 Å². The minimum absolute atomic E-state index is 0.0918. The highest BCUT2D eigenvalue weighted by atomic mass is 32.2. The van der Waals surface area contributed by atoms with Crippen molar-refractivity contribution in [2.45, 2.75) is 16.7 Å². The highest BCUT2D eigenvalue weighted by Crippen LogP contribution is 2.23. The summed E-state index contributed by atoms with van der Waals surface area (Å²) in [5.41, 5.74) is 1.89. The lowest BCUT2D eigenvalue weighted by atomic mass is 10.2. The fraction of sp³-hybridized carbons (Fsp3) is 0.0909. The van der Waals surface area contributed by atoms with Crippen molar-refractivity contribution in [2.75, 3.05) is 15.8 Å². The van der Waals surface area contributed by atoms with Crippen LogP contribution in [0, 0.1) is 6.92 Å². The number of amides is 1. The molecule has 0 radical (unpaired) electrons. The molecule has 0 saturated heterocycles. The molecule has 3 N–H and O–H groups in total. The first-order valence-electron chi connectivity index (χ1n) is 9.18. The smallest absolute Gasteiger partial charge is 0.335 e. The van der Waals surface area contributed by atoms with E-state index < -0.39 is 16.0 Å². The zero-order chi connectivity index (χ0) is 22.4. The number of thioether (sulfide) groups is 1. The molecule has 7 nitrogen and oxygen atoms in total. The molecule has 0 aliphatic heterocycles. The van der Waals surface area contributed by atoms with Crippen LogP contribution in [0.15, 0.2) is 82.6 Å². The number of benzene rings is 3. The summed E-state index contributed by atoms with van der Waals surface area (Å²) < 4.78 is 27.4. The maximum Gasteiger partial charge on any atom is 0.335 e. The number of aryl methyl sites for hydroxylation is 1. The molecule has 0 aromatic heterocycles. The van der Waals surface area contributed by atoms with Gasteiger partial charge in [0.15, 0.2) is 0 Å². The van der Waals surface area contributed by atoms with Crippen LogP contribution in [0.2, 0.25) is 0 Å². The van der Waals surface area contributed by atoms with Gasteiger partial charge in [-0.1, -0.05) is 23.8 Å². The van der Waals surface area contributed by atoms with Gasteiger partial charge in [0.2, 0.25) is 5.91 Å². The Bertz CT molecular complexity index is 1190. The van der Waals surface area contributed by atoms with Crippen molar-refractivity contribution in [3.63, 3.8) is 0 Å². The number of carbonyl (C=O) groups is 2. The SMILES string of the molecule is Cc1ccc(S(=O)(=O)Nc2ccc(SCC(=O)Nc3cccc(C(=O)O)c3)cc2)cc1. The zero-order valence-corrected chi connectivity index (χ0v) is 18.2. The molecular weight excluding hydrogens is 436 g/mol. The number of sulfonamides is 1. The molecule has 9 heteroatoms. The Morgan fingerprint density at radius 1 is 0.935 bits per heavy atom. The van der Waals surface area contributed by atoms with Crippen molar-refractivity contribution in [1.29, 1.82) is 0 Å². The standard InChI is InChI=1S/C22H20N2O5S2/c1-15-5-11-20(12-6-15)31(28,29)24-17-7-9-19(10-8-17)30-14-21(25)23-18-4-2-3-16(13-18)22(26)27/h2-13,24H,14H2,1H3,(H,23,25)(H,26,27). The van der Waals surface area contributed by atoms with Crippen molar-refractivity contribution < 1.29 is 23.1 Å². The molecule has 160 valence electrons. The van der Waals surface area contributed by atoms with Crippen LogP contribution in [0.5, 0.6) is 0 Å². The summed E-state index contributed by atoms with van der Waals surface area (Å²) in [4.78, 5) is 24.1. The van der Waals surface area contributed by atoms with E-state index in [1.165, 1.54) is 23.9 Å². The first kappa shape index (κ1) is 22.4. The fourth-order valence-electron chi connectivity index (χ4n) is 2.63. The molecule has 3 aromatic carbocycles. The van der Waals surface area contributed by atoms with Gasteiger partial charge in [-0.25, -0.2) is 13.2 Å². The van der Waals surface area contributed by atoms with Gasteiger partial charge < -0.3 is 10.4 Å². The van der Waals surface area contributed by atoms with Crippen molar-refractivity contribution in [1.82, 2.24) is 0 Å². The lowest BCUT2D eigenvalue weighted by molar-refractivity contribution is -0.113. The predicted molar refractivity (Wildman–Crippen MR) is 121 cm³/mol. The molecule has 0 bridgehead atoms. The molecule has 1 amide bonds. The Kier molecular flexibility index (Phi) is 6.98. The summed E-state index contributed by atoms with van der Waals surface area (Å²) in [5.74, 6) is -1.23. The Morgan fingerprint density at radius 3 is 2.26 bits per heavy atom. The van der Waals surface area contributed by atoms with E-state index in [0.29, 0.717) is 11.4 Å². The fourth-order valence-corrected chi connectivity index (χ4v) is 4.38. The van der Waals surface area contributed by atoms with Crippen molar-refractivity contribution in [3.8, 4) is 0 Å². The number of rotatable bonds is 8. The van der Waals surface area contributed by atoms with Crippen LogP contribution in [-0.4, -0.2) is 31.2 Å². The van der Waals surface area contributed by atoms with Crippen LogP contribution in [0.1, 0.15) is 15.9 Å². The van der Waals surface area contributed by atoms with Crippen molar-refractivity contribution in [3.05, 3.63) is 83.9 Å². The van der Waals surface area contributed by atoms with Gasteiger partial charge in [0.1, 0.15) is 0 Å². The summed E-state index contributed by atoms with van der Waals surface area (Å²) >= 11 is 1.28. The van der Waals surface area contributed by atoms with Crippen LogP contribution in [0.4, 0.5) is 11.4 Å². The van der Waals surface area contributed by atoms with Gasteiger partial charge in [-0.2, -0.15) is 0 Å². The Hall–Kier alpha value is -3.30. The monoisotopic (exact) mass is 456 g/mol. The summed E-state index contributed by atoms with van der Waals surface area (Å²) in [7, 11) is -3.68. The third-order valence-corrected chi connectivity index (χ3v) is 6.61. The number of carbonyl (C=O) groups excluding carboxylic acids is 1. The molecule has 0 unspecified atom stereocenters. The molecular formula is C22H20N2O5S2. The van der Waals surface area contributed by atoms with Crippen LogP contribution in [-0.2, 0) is 14.8 Å². The maximum atomic E-state index is 12.4. The van der Waals surface area contributed by atoms with Crippen LogP contribution in [0.25, 0.3) is 0 Å². The second kappa shape index (κ2) is 9.67. The zero-order valence-electron chi connectivity index (χ0n) is 16.5. The van der Waals surface area contributed by atoms with Crippen molar-refractivity contribution in [2.24, 2.45) is 0 Å². The van der Waals surface area contributed by atoms with Gasteiger partial charge >= 0.3 is 5.97 Å². The molecule has 0 saturated carbocycles. The minimum atomic E-state index is -3.68. The quantitative estimate of drug-likeness (QED) is 0.438. The second-order valence-corrected chi connectivity index (χ2v) is 9.40. The van der Waals surface area contributed by atoms with Gasteiger partial charge in [-0.3, -0.25) is 9.52 Å². The number of carboxylic acids is 1. The summed E-state index contributed by atoms with van der Waals surface area (Å²) in [6.07, 6.45) is 0. The van der Waals surface area contributed by atoms with E-state index in [9.17, 15) is 18.0 Å². The number of hydrogen-bond acceptors (Lipinski definition) is 5. The molecule has 3 rings (SSSR count). The van der Waals surface area contributed by atoms with Crippen LogP contribution in [0.3, 0.4) is 0 Å². The number of aromatic carboxylic acids is 1. The second-order valence-electron chi connectivity index (χ2n) is 6.67. The van der Waals surface area contributed by atoms with Crippen LogP contribution >= 0.6 is 11.8 Å².